The quantitative estimate of drug-likeness (QED) is 0.455. The number of allylic oxidation sites excluding steroid dienone is 1. The molecule has 0 heterocycles. The van der Waals surface area contributed by atoms with E-state index in [2.05, 4.69) is 23.3 Å². The van der Waals surface area contributed by atoms with E-state index in [4.69, 9.17) is 4.74 Å². The van der Waals surface area contributed by atoms with Crippen LogP contribution in [0.25, 0.3) is 0 Å². The molecule has 0 bridgehead atoms. The molecule has 0 aromatic carbocycles. The predicted molar refractivity (Wildman–Crippen MR) is 61.4 cm³/mol. The summed E-state index contributed by atoms with van der Waals surface area (Å²) in [5, 5.41) is 0. The van der Waals surface area contributed by atoms with Crippen LogP contribution >= 0.6 is 0 Å². The summed E-state index contributed by atoms with van der Waals surface area (Å²) in [5.74, 6) is 0.399. The van der Waals surface area contributed by atoms with Crippen LogP contribution < -0.4 is 0 Å². The van der Waals surface area contributed by atoms with Gasteiger partial charge in [0.2, 0.25) is 0 Å². The zero-order valence-electron chi connectivity index (χ0n) is 9.49. The molecule has 0 amide bonds. The Kier molecular flexibility index (Phi) is 8.25. The van der Waals surface area contributed by atoms with Crippen LogP contribution in [0.5, 0.6) is 0 Å². The first-order valence-electron chi connectivity index (χ1n) is 4.86. The fraction of sp³-hybridized carbons (Fsp3) is 0.583. The largest absolute Gasteiger partial charge is 0.384 e. The first kappa shape index (κ1) is 13.2. The lowest BCUT2D eigenvalue weighted by Gasteiger charge is -2.06. The third-order valence-corrected chi connectivity index (χ3v) is 1.76. The molecule has 0 aliphatic carbocycles. The number of hydrogen-bond acceptors (Lipinski definition) is 2. The molecular formula is C12H21NO. The van der Waals surface area contributed by atoms with Crippen molar-refractivity contribution < 1.29 is 4.74 Å². The fourth-order valence-electron chi connectivity index (χ4n) is 1.05. The molecule has 0 aromatic heterocycles. The van der Waals surface area contributed by atoms with E-state index in [0.717, 1.165) is 19.6 Å². The third kappa shape index (κ3) is 7.81. The van der Waals surface area contributed by atoms with E-state index in [9.17, 15) is 0 Å². The Morgan fingerprint density at radius 3 is 2.71 bits per heavy atom. The van der Waals surface area contributed by atoms with Gasteiger partial charge in [0.15, 0.2) is 0 Å². The van der Waals surface area contributed by atoms with Gasteiger partial charge in [-0.25, -0.2) is 0 Å². The molecule has 14 heavy (non-hydrogen) atoms. The minimum atomic E-state index is 0.399. The Balaban J connectivity index is 3.98. The van der Waals surface area contributed by atoms with Crippen LogP contribution in [-0.4, -0.2) is 39.3 Å². The van der Waals surface area contributed by atoms with Crippen molar-refractivity contribution in [2.24, 2.45) is 5.92 Å². The summed E-state index contributed by atoms with van der Waals surface area (Å²) in [4.78, 5) is 2.10. The smallest absolute Gasteiger partial charge is 0.0534 e. The molecule has 0 aliphatic heterocycles. The van der Waals surface area contributed by atoms with Gasteiger partial charge in [0.25, 0.3) is 0 Å². The molecule has 0 rings (SSSR count). The van der Waals surface area contributed by atoms with Crippen LogP contribution in [0.15, 0.2) is 30.5 Å². The van der Waals surface area contributed by atoms with Crippen molar-refractivity contribution in [1.82, 2.24) is 4.90 Å². The molecule has 2 nitrogen and oxygen atoms in total. The van der Waals surface area contributed by atoms with Crippen LogP contribution in [0, 0.1) is 5.92 Å². The molecule has 0 N–H and O–H groups in total. The molecule has 0 fully saturated rings. The van der Waals surface area contributed by atoms with Gasteiger partial charge in [0.1, 0.15) is 0 Å². The third-order valence-electron chi connectivity index (χ3n) is 1.76. The molecular weight excluding hydrogens is 174 g/mol. The van der Waals surface area contributed by atoms with E-state index in [1.165, 1.54) is 0 Å². The van der Waals surface area contributed by atoms with Crippen molar-refractivity contribution >= 4 is 0 Å². The van der Waals surface area contributed by atoms with Crippen LogP contribution in [-0.2, 0) is 4.74 Å². The van der Waals surface area contributed by atoms with Crippen LogP contribution in [0.3, 0.4) is 0 Å². The summed E-state index contributed by atoms with van der Waals surface area (Å²) in [6, 6.07) is 0. The number of likely N-dealkylation sites (N-methyl/N-ethyl adjacent to an activating group) is 1. The summed E-state index contributed by atoms with van der Waals surface area (Å²) in [6.07, 6.45) is 6.92. The first-order chi connectivity index (χ1) is 6.70. The predicted octanol–water partition coefficient (Wildman–Crippen LogP) is 2.10. The van der Waals surface area contributed by atoms with E-state index in [-0.39, 0.29) is 0 Å². The highest BCUT2D eigenvalue weighted by atomic mass is 16.5. The van der Waals surface area contributed by atoms with Crippen LogP contribution in [0.2, 0.25) is 0 Å². The fourth-order valence-corrected chi connectivity index (χ4v) is 1.05. The monoisotopic (exact) mass is 195 g/mol. The van der Waals surface area contributed by atoms with Gasteiger partial charge in [-0.15, -0.1) is 12.3 Å². The van der Waals surface area contributed by atoms with Crippen molar-refractivity contribution in [3.05, 3.63) is 30.5 Å². The number of methoxy groups -OCH3 is 1. The Morgan fingerprint density at radius 2 is 2.21 bits per heavy atom. The van der Waals surface area contributed by atoms with Crippen molar-refractivity contribution in [3.63, 3.8) is 0 Å². The zero-order chi connectivity index (χ0) is 10.8. The molecule has 1 unspecified atom stereocenters. The minimum Gasteiger partial charge on any atom is -0.384 e. The second kappa shape index (κ2) is 8.76. The number of rotatable bonds is 7. The Bertz CT molecular complexity index is 202. The summed E-state index contributed by atoms with van der Waals surface area (Å²) in [5.41, 5.74) is 3.17. The van der Waals surface area contributed by atoms with Crippen LogP contribution in [0.1, 0.15) is 6.42 Å². The van der Waals surface area contributed by atoms with Crippen molar-refractivity contribution in [1.29, 1.82) is 0 Å². The average Bonchev–Trinajstić information content (AvgIpc) is 2.12. The molecule has 0 spiro atoms. The summed E-state index contributed by atoms with van der Waals surface area (Å²) < 4.78 is 5.09. The second-order valence-electron chi connectivity index (χ2n) is 3.54. The highest BCUT2D eigenvalue weighted by Crippen LogP contribution is 2.04. The summed E-state index contributed by atoms with van der Waals surface area (Å²) in [7, 11) is 5.79. The van der Waals surface area contributed by atoms with E-state index in [1.807, 2.05) is 26.2 Å². The summed E-state index contributed by atoms with van der Waals surface area (Å²) in [6.45, 7) is 5.37. The van der Waals surface area contributed by atoms with Crippen molar-refractivity contribution in [3.8, 4) is 0 Å². The first-order valence-corrected chi connectivity index (χ1v) is 4.86. The van der Waals surface area contributed by atoms with Gasteiger partial charge in [-0.1, -0.05) is 6.08 Å². The van der Waals surface area contributed by atoms with Crippen molar-refractivity contribution in [2.45, 2.75) is 6.42 Å². The molecule has 0 radical (unpaired) electrons. The van der Waals surface area contributed by atoms with E-state index in [0.29, 0.717) is 5.92 Å². The summed E-state index contributed by atoms with van der Waals surface area (Å²) >= 11 is 0. The molecule has 0 saturated carbocycles. The Labute approximate surface area is 87.6 Å². The van der Waals surface area contributed by atoms with E-state index >= 15 is 0 Å². The number of nitrogens with zero attached hydrogens (tertiary/aromatic N) is 1. The average molecular weight is 195 g/mol. The van der Waals surface area contributed by atoms with E-state index in [1.54, 1.807) is 7.11 Å². The zero-order valence-corrected chi connectivity index (χ0v) is 9.49. The van der Waals surface area contributed by atoms with Gasteiger partial charge in [0.05, 0.1) is 6.61 Å². The van der Waals surface area contributed by atoms with Crippen LogP contribution in [0.4, 0.5) is 0 Å². The lowest BCUT2D eigenvalue weighted by molar-refractivity contribution is 0.171. The maximum Gasteiger partial charge on any atom is 0.0534 e. The minimum absolute atomic E-state index is 0.399. The van der Waals surface area contributed by atoms with Gasteiger partial charge in [-0.3, -0.25) is 0 Å². The lowest BCUT2D eigenvalue weighted by Crippen LogP contribution is -2.10. The molecule has 0 aromatic rings. The Morgan fingerprint density at radius 1 is 1.50 bits per heavy atom. The molecule has 80 valence electrons. The molecule has 0 aliphatic rings. The second-order valence-corrected chi connectivity index (χ2v) is 3.54. The number of ether oxygens (including phenoxy) is 1. The molecule has 0 saturated heterocycles. The van der Waals surface area contributed by atoms with Gasteiger partial charge >= 0.3 is 0 Å². The standard InChI is InChI=1S/C12H21NO/c1-5-8-12(11-14-4)9-6-7-10-13(2)3/h5,7,9,12H,1,8,10-11H2,2-4H3. The molecule has 1 atom stereocenters. The highest BCUT2D eigenvalue weighted by Gasteiger charge is 1.99. The van der Waals surface area contributed by atoms with E-state index < -0.39 is 0 Å². The van der Waals surface area contributed by atoms with Gasteiger partial charge < -0.3 is 9.64 Å². The van der Waals surface area contributed by atoms with Gasteiger partial charge in [0, 0.05) is 19.6 Å². The Hall–Kier alpha value is -0.820. The normalized spacial score (nSPS) is 12.0. The lowest BCUT2D eigenvalue weighted by atomic mass is 10.1. The maximum absolute atomic E-state index is 5.09. The van der Waals surface area contributed by atoms with Gasteiger partial charge in [-0.2, -0.15) is 0 Å². The SMILES string of the molecule is C=CCC(C=C=CCN(C)C)COC. The molecule has 2 heteroatoms. The van der Waals surface area contributed by atoms with Crippen molar-refractivity contribution in [2.75, 3.05) is 34.4 Å². The maximum atomic E-state index is 5.09. The number of hydrogen-bond donors (Lipinski definition) is 0. The highest BCUT2D eigenvalue weighted by molar-refractivity contribution is 4.93. The van der Waals surface area contributed by atoms with Gasteiger partial charge in [-0.05, 0) is 32.7 Å². The topological polar surface area (TPSA) is 12.5 Å².